The van der Waals surface area contributed by atoms with E-state index in [-0.39, 0.29) is 17.9 Å². The first-order chi connectivity index (χ1) is 9.11. The lowest BCUT2D eigenvalue weighted by Crippen LogP contribution is -2.50. The van der Waals surface area contributed by atoms with Crippen LogP contribution in [0.25, 0.3) is 0 Å². The molecule has 1 saturated heterocycles. The number of hydrogen-bond donors (Lipinski definition) is 1. The number of hydrogen-bond acceptors (Lipinski definition) is 3. The van der Waals surface area contributed by atoms with Gasteiger partial charge in [-0.3, -0.25) is 4.90 Å². The topological polar surface area (TPSA) is 32.5 Å². The number of nitrogens with zero attached hydrogens (tertiary/aromatic N) is 2. The predicted molar refractivity (Wildman–Crippen MR) is 76.5 cm³/mol. The van der Waals surface area contributed by atoms with Gasteiger partial charge in [0, 0.05) is 38.3 Å². The predicted octanol–water partition coefficient (Wildman–Crippen LogP) is 1.85. The van der Waals surface area contributed by atoms with Crippen LogP contribution in [0.1, 0.15) is 25.5 Å². The molecule has 0 radical (unpaired) electrons. The van der Waals surface area contributed by atoms with Crippen LogP contribution in [0.3, 0.4) is 0 Å². The highest BCUT2D eigenvalue weighted by Crippen LogP contribution is 2.25. The molecule has 3 nitrogen and oxygen atoms in total. The van der Waals surface area contributed by atoms with Gasteiger partial charge >= 0.3 is 0 Å². The Morgan fingerprint density at radius 3 is 2.47 bits per heavy atom. The van der Waals surface area contributed by atoms with Gasteiger partial charge in [-0.2, -0.15) is 0 Å². The van der Waals surface area contributed by atoms with E-state index in [1.165, 1.54) is 6.07 Å². The SMILES string of the molecule is CCN1CCN(C(c2cccc(F)c2)C(C)N)CC1. The van der Waals surface area contributed by atoms with E-state index in [0.717, 1.165) is 38.3 Å². The number of nitrogens with two attached hydrogens (primary N) is 1. The Hall–Kier alpha value is -0.970. The summed E-state index contributed by atoms with van der Waals surface area (Å²) < 4.78 is 13.4. The van der Waals surface area contributed by atoms with Crippen molar-refractivity contribution < 1.29 is 4.39 Å². The summed E-state index contributed by atoms with van der Waals surface area (Å²) in [5.41, 5.74) is 7.13. The van der Waals surface area contributed by atoms with Gasteiger partial charge in [-0.15, -0.1) is 0 Å². The van der Waals surface area contributed by atoms with Gasteiger partial charge in [-0.05, 0) is 31.2 Å². The summed E-state index contributed by atoms with van der Waals surface area (Å²) in [6.45, 7) is 9.40. The van der Waals surface area contributed by atoms with Crippen molar-refractivity contribution in [2.45, 2.75) is 25.9 Å². The van der Waals surface area contributed by atoms with E-state index < -0.39 is 0 Å². The van der Waals surface area contributed by atoms with Gasteiger partial charge in [-0.25, -0.2) is 4.39 Å². The van der Waals surface area contributed by atoms with Gasteiger partial charge in [0.1, 0.15) is 5.82 Å². The molecule has 0 aromatic heterocycles. The number of benzene rings is 1. The highest BCUT2D eigenvalue weighted by molar-refractivity contribution is 5.22. The first-order valence-corrected chi connectivity index (χ1v) is 7.09. The average molecular weight is 265 g/mol. The molecule has 2 rings (SSSR count). The van der Waals surface area contributed by atoms with Crippen LogP contribution >= 0.6 is 0 Å². The fraction of sp³-hybridized carbons (Fsp3) is 0.600. The van der Waals surface area contributed by atoms with E-state index in [0.29, 0.717) is 0 Å². The second-order valence-corrected chi connectivity index (χ2v) is 5.33. The van der Waals surface area contributed by atoms with E-state index >= 15 is 0 Å². The minimum absolute atomic E-state index is 0.00465. The van der Waals surface area contributed by atoms with Crippen LogP contribution in [0.4, 0.5) is 4.39 Å². The van der Waals surface area contributed by atoms with Crippen molar-refractivity contribution in [3.63, 3.8) is 0 Å². The van der Waals surface area contributed by atoms with E-state index in [4.69, 9.17) is 5.73 Å². The summed E-state index contributed by atoms with van der Waals surface area (Å²) in [5, 5.41) is 0. The molecule has 0 saturated carbocycles. The van der Waals surface area contributed by atoms with Crippen LogP contribution in [0.2, 0.25) is 0 Å². The van der Waals surface area contributed by atoms with E-state index in [1.807, 2.05) is 13.0 Å². The number of halogens is 1. The maximum absolute atomic E-state index is 13.4. The summed E-state index contributed by atoms with van der Waals surface area (Å²) in [6, 6.07) is 6.94. The molecular formula is C15H24FN3. The number of rotatable bonds is 4. The van der Waals surface area contributed by atoms with Crippen molar-refractivity contribution in [2.75, 3.05) is 32.7 Å². The third-order valence-electron chi connectivity index (χ3n) is 3.94. The lowest BCUT2D eigenvalue weighted by atomic mass is 9.98. The zero-order chi connectivity index (χ0) is 13.8. The van der Waals surface area contributed by atoms with E-state index in [9.17, 15) is 4.39 Å². The Balaban J connectivity index is 2.13. The van der Waals surface area contributed by atoms with Gasteiger partial charge in [0.25, 0.3) is 0 Å². The van der Waals surface area contributed by atoms with Gasteiger partial charge in [0.2, 0.25) is 0 Å². The second kappa shape index (κ2) is 6.46. The fourth-order valence-electron chi connectivity index (χ4n) is 2.90. The van der Waals surface area contributed by atoms with Crippen molar-refractivity contribution in [3.05, 3.63) is 35.6 Å². The van der Waals surface area contributed by atoms with Crippen molar-refractivity contribution >= 4 is 0 Å². The van der Waals surface area contributed by atoms with Gasteiger partial charge in [-0.1, -0.05) is 19.1 Å². The van der Waals surface area contributed by atoms with Crippen LogP contribution in [-0.2, 0) is 0 Å². The Bertz CT molecular complexity index is 400. The molecule has 1 heterocycles. The highest BCUT2D eigenvalue weighted by atomic mass is 19.1. The normalized spacial score (nSPS) is 21.3. The van der Waals surface area contributed by atoms with Crippen LogP contribution in [0, 0.1) is 5.82 Å². The van der Waals surface area contributed by atoms with Crippen molar-refractivity contribution in [3.8, 4) is 0 Å². The van der Waals surface area contributed by atoms with Gasteiger partial charge in [0.15, 0.2) is 0 Å². The zero-order valence-corrected chi connectivity index (χ0v) is 11.8. The number of piperazine rings is 1. The fourth-order valence-corrected chi connectivity index (χ4v) is 2.90. The summed E-state index contributed by atoms with van der Waals surface area (Å²) >= 11 is 0. The van der Waals surface area contributed by atoms with Crippen molar-refractivity contribution in [1.82, 2.24) is 9.80 Å². The van der Waals surface area contributed by atoms with Crippen molar-refractivity contribution in [1.29, 1.82) is 0 Å². The van der Waals surface area contributed by atoms with Gasteiger partial charge in [0.05, 0.1) is 0 Å². The minimum Gasteiger partial charge on any atom is -0.326 e. The number of likely N-dealkylation sites (N-methyl/N-ethyl adjacent to an activating group) is 1. The minimum atomic E-state index is -0.185. The summed E-state index contributed by atoms with van der Waals surface area (Å²) in [4.78, 5) is 4.81. The molecule has 0 amide bonds. The van der Waals surface area contributed by atoms with Crippen LogP contribution < -0.4 is 5.73 Å². The van der Waals surface area contributed by atoms with Crippen LogP contribution in [-0.4, -0.2) is 48.6 Å². The zero-order valence-electron chi connectivity index (χ0n) is 11.8. The lowest BCUT2D eigenvalue weighted by molar-refractivity contribution is 0.0897. The Morgan fingerprint density at radius 2 is 1.95 bits per heavy atom. The maximum atomic E-state index is 13.4. The molecule has 2 unspecified atom stereocenters. The largest absolute Gasteiger partial charge is 0.326 e. The Labute approximate surface area is 115 Å². The molecule has 2 atom stereocenters. The summed E-state index contributed by atoms with van der Waals surface area (Å²) in [5.74, 6) is -0.185. The maximum Gasteiger partial charge on any atom is 0.123 e. The molecule has 19 heavy (non-hydrogen) atoms. The average Bonchev–Trinajstić information content (AvgIpc) is 2.39. The third-order valence-corrected chi connectivity index (χ3v) is 3.94. The molecule has 0 spiro atoms. The molecule has 0 aliphatic carbocycles. The molecule has 106 valence electrons. The molecule has 2 N–H and O–H groups in total. The van der Waals surface area contributed by atoms with Crippen LogP contribution in [0.5, 0.6) is 0 Å². The molecule has 1 aromatic rings. The monoisotopic (exact) mass is 265 g/mol. The quantitative estimate of drug-likeness (QED) is 0.902. The highest BCUT2D eigenvalue weighted by Gasteiger charge is 2.27. The Morgan fingerprint density at radius 1 is 1.26 bits per heavy atom. The van der Waals surface area contributed by atoms with Crippen LogP contribution in [0.15, 0.2) is 24.3 Å². The Kier molecular flexibility index (Phi) is 4.91. The summed E-state index contributed by atoms with van der Waals surface area (Å²) in [6.07, 6.45) is 0. The first-order valence-electron chi connectivity index (χ1n) is 7.09. The molecular weight excluding hydrogens is 241 g/mol. The smallest absolute Gasteiger partial charge is 0.123 e. The first kappa shape index (κ1) is 14.4. The standard InChI is InChI=1S/C15H24FN3/c1-3-18-7-9-19(10-8-18)15(12(2)17)13-5-4-6-14(16)11-13/h4-6,11-12,15H,3,7-10,17H2,1-2H3. The molecule has 1 aliphatic rings. The lowest BCUT2D eigenvalue weighted by Gasteiger charge is -2.40. The molecule has 1 fully saturated rings. The van der Waals surface area contributed by atoms with E-state index in [1.54, 1.807) is 12.1 Å². The second-order valence-electron chi connectivity index (χ2n) is 5.33. The molecule has 4 heteroatoms. The van der Waals surface area contributed by atoms with Gasteiger partial charge < -0.3 is 10.6 Å². The van der Waals surface area contributed by atoms with E-state index in [2.05, 4.69) is 16.7 Å². The third kappa shape index (κ3) is 3.53. The molecule has 1 aliphatic heterocycles. The van der Waals surface area contributed by atoms with Crippen molar-refractivity contribution in [2.24, 2.45) is 5.73 Å². The summed E-state index contributed by atoms with van der Waals surface area (Å²) in [7, 11) is 0. The molecule has 0 bridgehead atoms. The molecule has 1 aromatic carbocycles.